The first-order valence-electron chi connectivity index (χ1n) is 6.23. The second-order valence-electron chi connectivity index (χ2n) is 4.48. The van der Waals surface area contributed by atoms with Gasteiger partial charge in [0.15, 0.2) is 11.6 Å². The van der Waals surface area contributed by atoms with Crippen molar-refractivity contribution >= 4 is 30.1 Å². The van der Waals surface area contributed by atoms with E-state index in [-0.39, 0.29) is 30.1 Å². The minimum Gasteiger partial charge on any atom is -0.351 e. The second-order valence-corrected chi connectivity index (χ2v) is 5.52. The highest BCUT2D eigenvalue weighted by Gasteiger charge is 2.15. The average molecular weight is 323 g/mol. The lowest BCUT2D eigenvalue weighted by Gasteiger charge is -2.23. The molecule has 2 N–H and O–H groups in total. The number of hydrogen-bond acceptors (Lipinski definition) is 3. The summed E-state index contributed by atoms with van der Waals surface area (Å²) in [4.78, 5) is 12.3. The van der Waals surface area contributed by atoms with Crippen molar-refractivity contribution in [3.63, 3.8) is 0 Å². The zero-order valence-corrected chi connectivity index (χ0v) is 12.5. The van der Waals surface area contributed by atoms with Crippen molar-refractivity contribution in [2.24, 2.45) is 0 Å². The Kier molecular flexibility index (Phi) is 7.26. The number of halogens is 3. The Labute approximate surface area is 127 Å². The van der Waals surface area contributed by atoms with Crippen LogP contribution in [0, 0.1) is 11.6 Å². The highest BCUT2D eigenvalue weighted by molar-refractivity contribution is 8.00. The molecule has 0 saturated carbocycles. The second kappa shape index (κ2) is 8.44. The van der Waals surface area contributed by atoms with Gasteiger partial charge in [-0.2, -0.15) is 0 Å². The van der Waals surface area contributed by atoms with Crippen molar-refractivity contribution in [1.82, 2.24) is 10.6 Å². The number of rotatable bonds is 4. The van der Waals surface area contributed by atoms with Crippen LogP contribution >= 0.6 is 24.2 Å². The van der Waals surface area contributed by atoms with E-state index < -0.39 is 11.6 Å². The summed E-state index contributed by atoms with van der Waals surface area (Å²) >= 11 is 1.20. The maximum Gasteiger partial charge on any atom is 0.230 e. The zero-order chi connectivity index (χ0) is 13.7. The number of piperidine rings is 1. The van der Waals surface area contributed by atoms with Gasteiger partial charge in [-0.05, 0) is 37.6 Å². The molecule has 112 valence electrons. The maximum absolute atomic E-state index is 13.0. The third-order valence-electron chi connectivity index (χ3n) is 2.92. The molecule has 1 amide bonds. The minimum absolute atomic E-state index is 0. The topological polar surface area (TPSA) is 41.1 Å². The molecule has 1 aliphatic rings. The fourth-order valence-electron chi connectivity index (χ4n) is 1.96. The molecule has 1 atom stereocenters. The van der Waals surface area contributed by atoms with E-state index in [4.69, 9.17) is 0 Å². The van der Waals surface area contributed by atoms with Gasteiger partial charge in [0, 0.05) is 17.5 Å². The fourth-order valence-corrected chi connectivity index (χ4v) is 2.69. The number of amides is 1. The molecular formula is C13H17ClF2N2OS. The number of carbonyl (C=O) groups is 1. The fraction of sp³-hybridized carbons (Fsp3) is 0.462. The van der Waals surface area contributed by atoms with Crippen molar-refractivity contribution < 1.29 is 13.6 Å². The predicted octanol–water partition coefficient (Wildman–Crippen LogP) is 2.35. The van der Waals surface area contributed by atoms with E-state index in [1.54, 1.807) is 0 Å². The van der Waals surface area contributed by atoms with Gasteiger partial charge in [0.1, 0.15) is 0 Å². The molecule has 2 rings (SSSR count). The van der Waals surface area contributed by atoms with E-state index in [0.29, 0.717) is 4.90 Å². The zero-order valence-electron chi connectivity index (χ0n) is 10.8. The molecular weight excluding hydrogens is 306 g/mol. The first-order chi connectivity index (χ1) is 9.15. The molecule has 1 aromatic carbocycles. The summed E-state index contributed by atoms with van der Waals surface area (Å²) in [6.07, 6.45) is 2.04. The lowest BCUT2D eigenvalue weighted by Crippen LogP contribution is -2.46. The third-order valence-corrected chi connectivity index (χ3v) is 3.92. The molecule has 0 spiro atoms. The molecule has 1 aromatic rings. The molecule has 7 heteroatoms. The van der Waals surface area contributed by atoms with E-state index in [2.05, 4.69) is 10.6 Å². The van der Waals surface area contributed by atoms with Gasteiger partial charge in [0.05, 0.1) is 5.75 Å². The molecule has 1 heterocycles. The van der Waals surface area contributed by atoms with Gasteiger partial charge >= 0.3 is 0 Å². The molecule has 0 radical (unpaired) electrons. The van der Waals surface area contributed by atoms with E-state index in [0.717, 1.165) is 38.1 Å². The summed E-state index contributed by atoms with van der Waals surface area (Å²) in [6, 6.07) is 3.82. The molecule has 20 heavy (non-hydrogen) atoms. The number of hydrogen-bond donors (Lipinski definition) is 2. The lowest BCUT2D eigenvalue weighted by atomic mass is 10.1. The third kappa shape index (κ3) is 5.26. The van der Waals surface area contributed by atoms with Crippen LogP contribution in [0.25, 0.3) is 0 Å². The molecule has 1 fully saturated rings. The summed E-state index contributed by atoms with van der Waals surface area (Å²) in [5.74, 6) is -1.63. The summed E-state index contributed by atoms with van der Waals surface area (Å²) in [7, 11) is 0. The molecule has 0 aliphatic carbocycles. The van der Waals surface area contributed by atoms with Gasteiger partial charge in [-0.25, -0.2) is 8.78 Å². The van der Waals surface area contributed by atoms with Gasteiger partial charge in [0.25, 0.3) is 0 Å². The van der Waals surface area contributed by atoms with Crippen LogP contribution in [0.1, 0.15) is 12.8 Å². The van der Waals surface area contributed by atoms with E-state index >= 15 is 0 Å². The van der Waals surface area contributed by atoms with Crippen LogP contribution in [0.5, 0.6) is 0 Å². The summed E-state index contributed by atoms with van der Waals surface area (Å²) in [6.45, 7) is 1.79. The normalized spacial score (nSPS) is 18.2. The van der Waals surface area contributed by atoms with Crippen molar-refractivity contribution in [1.29, 1.82) is 0 Å². The predicted molar refractivity (Wildman–Crippen MR) is 78.4 cm³/mol. The summed E-state index contributed by atoms with van der Waals surface area (Å²) in [5, 5.41) is 6.14. The van der Waals surface area contributed by atoms with Crippen LogP contribution < -0.4 is 10.6 Å². The van der Waals surface area contributed by atoms with Crippen molar-refractivity contribution in [2.75, 3.05) is 18.8 Å². The monoisotopic (exact) mass is 322 g/mol. The van der Waals surface area contributed by atoms with E-state index in [1.165, 1.54) is 17.8 Å². The number of benzene rings is 1. The lowest BCUT2D eigenvalue weighted by molar-refractivity contribution is -0.119. The van der Waals surface area contributed by atoms with Gasteiger partial charge < -0.3 is 10.6 Å². The van der Waals surface area contributed by atoms with Gasteiger partial charge in [0.2, 0.25) is 5.91 Å². The van der Waals surface area contributed by atoms with Crippen molar-refractivity contribution in [3.05, 3.63) is 29.8 Å². The standard InChI is InChI=1S/C13H16F2N2OS.ClH/c14-11-4-3-10(6-12(11)15)19-8-13(18)17-9-2-1-5-16-7-9;/h3-4,6,9,16H,1-2,5,7-8H2,(H,17,18);1H. The summed E-state index contributed by atoms with van der Waals surface area (Å²) in [5.41, 5.74) is 0. The maximum atomic E-state index is 13.0. The molecule has 3 nitrogen and oxygen atoms in total. The first kappa shape index (κ1) is 17.2. The smallest absolute Gasteiger partial charge is 0.230 e. The van der Waals surface area contributed by atoms with Crippen LogP contribution in [0.2, 0.25) is 0 Å². The quantitative estimate of drug-likeness (QED) is 0.836. The molecule has 1 saturated heterocycles. The molecule has 1 unspecified atom stereocenters. The van der Waals surface area contributed by atoms with Crippen LogP contribution in [0.15, 0.2) is 23.1 Å². The highest BCUT2D eigenvalue weighted by atomic mass is 35.5. The highest BCUT2D eigenvalue weighted by Crippen LogP contribution is 2.20. The number of carbonyl (C=O) groups excluding carboxylic acids is 1. The molecule has 1 aliphatic heterocycles. The minimum atomic E-state index is -0.887. The van der Waals surface area contributed by atoms with E-state index in [9.17, 15) is 13.6 Å². The van der Waals surface area contributed by atoms with E-state index in [1.807, 2.05) is 0 Å². The Balaban J connectivity index is 0.00000200. The Morgan fingerprint density at radius 2 is 2.20 bits per heavy atom. The number of nitrogens with one attached hydrogen (secondary N) is 2. The van der Waals surface area contributed by atoms with Gasteiger partial charge in [-0.15, -0.1) is 24.2 Å². The Morgan fingerprint density at radius 1 is 1.40 bits per heavy atom. The largest absolute Gasteiger partial charge is 0.351 e. The molecule has 0 aromatic heterocycles. The Morgan fingerprint density at radius 3 is 2.85 bits per heavy atom. The first-order valence-corrected chi connectivity index (χ1v) is 7.21. The summed E-state index contributed by atoms with van der Waals surface area (Å²) < 4.78 is 25.7. The van der Waals surface area contributed by atoms with Gasteiger partial charge in [-0.3, -0.25) is 4.79 Å². The van der Waals surface area contributed by atoms with Crippen LogP contribution in [0.4, 0.5) is 8.78 Å². The van der Waals surface area contributed by atoms with Gasteiger partial charge in [-0.1, -0.05) is 0 Å². The van der Waals surface area contributed by atoms with Crippen LogP contribution in [0.3, 0.4) is 0 Å². The van der Waals surface area contributed by atoms with Crippen molar-refractivity contribution in [2.45, 2.75) is 23.8 Å². The Bertz CT molecular complexity index is 456. The SMILES string of the molecule is Cl.O=C(CSc1ccc(F)c(F)c1)NC1CCCNC1. The average Bonchev–Trinajstić information content (AvgIpc) is 2.41. The Hall–Kier alpha value is -0.850. The molecule has 0 bridgehead atoms. The van der Waals surface area contributed by atoms with Crippen LogP contribution in [-0.4, -0.2) is 30.8 Å². The van der Waals surface area contributed by atoms with Crippen LogP contribution in [-0.2, 0) is 4.79 Å². The van der Waals surface area contributed by atoms with Crippen molar-refractivity contribution in [3.8, 4) is 0 Å². The number of thioether (sulfide) groups is 1.